The van der Waals surface area contributed by atoms with E-state index in [2.05, 4.69) is 0 Å². The van der Waals surface area contributed by atoms with E-state index in [-0.39, 0.29) is 0 Å². The summed E-state index contributed by atoms with van der Waals surface area (Å²) in [4.78, 5) is 0. The van der Waals surface area contributed by atoms with E-state index in [1.165, 1.54) is 0 Å². The summed E-state index contributed by atoms with van der Waals surface area (Å²) >= 11 is 0. The number of rotatable bonds is 4. The summed E-state index contributed by atoms with van der Waals surface area (Å²) in [5, 5.41) is 29.1. The monoisotopic (exact) mass is 216 g/mol. The smallest absolute Gasteiger partial charge is 0.145 e. The average Bonchev–Trinajstić information content (AvgIpc) is 2.46. The first kappa shape index (κ1) is 12.6. The molecule has 88 valence electrons. The van der Waals surface area contributed by atoms with Gasteiger partial charge in [0.1, 0.15) is 17.8 Å². The van der Waals surface area contributed by atoms with Crippen LogP contribution in [0.15, 0.2) is 12.2 Å². The van der Waals surface area contributed by atoms with Crippen LogP contribution >= 0.6 is 0 Å². The number of allylic oxidation sites excluding steroid dienone is 1. The van der Waals surface area contributed by atoms with Crippen molar-refractivity contribution < 1.29 is 20.1 Å². The van der Waals surface area contributed by atoms with Crippen molar-refractivity contribution in [2.24, 2.45) is 0 Å². The Morgan fingerprint density at radius 3 is 2.60 bits per heavy atom. The Labute approximate surface area is 90.2 Å². The van der Waals surface area contributed by atoms with Crippen molar-refractivity contribution in [2.75, 3.05) is 6.61 Å². The molecule has 1 fully saturated rings. The van der Waals surface area contributed by atoms with E-state index >= 15 is 0 Å². The first-order valence-electron chi connectivity index (χ1n) is 5.39. The Bertz CT molecular complexity index is 229. The third-order valence-corrected chi connectivity index (χ3v) is 2.87. The summed E-state index contributed by atoms with van der Waals surface area (Å²) in [5.74, 6) is 0. The van der Waals surface area contributed by atoms with Crippen LogP contribution in [0.5, 0.6) is 0 Å². The van der Waals surface area contributed by atoms with Crippen molar-refractivity contribution in [2.45, 2.75) is 50.6 Å². The van der Waals surface area contributed by atoms with E-state index in [1.54, 1.807) is 19.1 Å². The molecular formula is C11H20O4. The summed E-state index contributed by atoms with van der Waals surface area (Å²) in [6, 6.07) is 0. The molecule has 1 heterocycles. The number of hydrogen-bond acceptors (Lipinski definition) is 4. The van der Waals surface area contributed by atoms with Gasteiger partial charge in [0.15, 0.2) is 0 Å². The fourth-order valence-electron chi connectivity index (χ4n) is 1.95. The lowest BCUT2D eigenvalue weighted by atomic mass is 9.90. The van der Waals surface area contributed by atoms with Crippen molar-refractivity contribution in [1.82, 2.24) is 0 Å². The maximum absolute atomic E-state index is 10.1. The number of aliphatic hydroxyl groups excluding tert-OH is 2. The van der Waals surface area contributed by atoms with Crippen LogP contribution in [-0.2, 0) is 4.74 Å². The molecule has 0 unspecified atom stereocenters. The normalized spacial score (nSPS) is 41.5. The molecule has 0 aliphatic carbocycles. The highest BCUT2D eigenvalue weighted by atomic mass is 16.6. The van der Waals surface area contributed by atoms with Crippen LogP contribution in [0.2, 0.25) is 0 Å². The lowest BCUT2D eigenvalue weighted by Gasteiger charge is -2.27. The second-order valence-corrected chi connectivity index (χ2v) is 4.00. The molecule has 1 aliphatic rings. The van der Waals surface area contributed by atoms with Crippen molar-refractivity contribution in [3.05, 3.63) is 12.2 Å². The Hall–Kier alpha value is -0.420. The standard InChI is InChI=1S/C11H20O4/c1-3-5-8-10(13)11(14,7-12)9(15-8)6-4-2/h4,6,8-10,12-14H,3,5,7H2,1-2H3/b6-4+/t8-,9+,10-,11-/m0/s1. The fraction of sp³-hybridized carbons (Fsp3) is 0.818. The third-order valence-electron chi connectivity index (χ3n) is 2.87. The van der Waals surface area contributed by atoms with Gasteiger partial charge in [-0.2, -0.15) is 0 Å². The van der Waals surface area contributed by atoms with E-state index < -0.39 is 30.5 Å². The van der Waals surface area contributed by atoms with E-state index in [9.17, 15) is 10.2 Å². The molecule has 4 atom stereocenters. The summed E-state index contributed by atoms with van der Waals surface area (Å²) in [7, 11) is 0. The van der Waals surface area contributed by atoms with Gasteiger partial charge in [-0.25, -0.2) is 0 Å². The second kappa shape index (κ2) is 5.07. The first-order valence-corrected chi connectivity index (χ1v) is 5.39. The fourth-order valence-corrected chi connectivity index (χ4v) is 1.95. The molecule has 0 aromatic heterocycles. The Balaban J connectivity index is 2.82. The van der Waals surface area contributed by atoms with Crippen molar-refractivity contribution in [3.8, 4) is 0 Å². The molecule has 15 heavy (non-hydrogen) atoms. The van der Waals surface area contributed by atoms with Crippen molar-refractivity contribution in [3.63, 3.8) is 0 Å². The molecule has 0 bridgehead atoms. The topological polar surface area (TPSA) is 69.9 Å². The molecule has 0 radical (unpaired) electrons. The summed E-state index contributed by atoms with van der Waals surface area (Å²) < 4.78 is 5.51. The molecule has 1 saturated heterocycles. The molecule has 0 spiro atoms. The molecule has 1 aliphatic heterocycles. The quantitative estimate of drug-likeness (QED) is 0.588. The average molecular weight is 216 g/mol. The Morgan fingerprint density at radius 1 is 1.47 bits per heavy atom. The van der Waals surface area contributed by atoms with Gasteiger partial charge in [0.2, 0.25) is 0 Å². The molecule has 0 aromatic rings. The van der Waals surface area contributed by atoms with Crippen LogP contribution in [0.1, 0.15) is 26.7 Å². The molecule has 0 amide bonds. The zero-order chi connectivity index (χ0) is 11.5. The molecule has 3 N–H and O–H groups in total. The minimum absolute atomic E-state index is 0.395. The zero-order valence-electron chi connectivity index (χ0n) is 9.26. The lowest BCUT2D eigenvalue weighted by Crippen LogP contribution is -2.50. The molecule has 0 saturated carbocycles. The Morgan fingerprint density at radius 2 is 2.13 bits per heavy atom. The maximum atomic E-state index is 10.1. The highest BCUT2D eigenvalue weighted by Gasteiger charge is 2.53. The Kier molecular flexibility index (Phi) is 4.28. The minimum Gasteiger partial charge on any atom is -0.393 e. The van der Waals surface area contributed by atoms with Crippen molar-refractivity contribution in [1.29, 1.82) is 0 Å². The predicted molar refractivity (Wildman–Crippen MR) is 56.4 cm³/mol. The van der Waals surface area contributed by atoms with Crippen LogP contribution in [0.4, 0.5) is 0 Å². The van der Waals surface area contributed by atoms with Crippen LogP contribution in [-0.4, -0.2) is 45.8 Å². The van der Waals surface area contributed by atoms with Crippen LogP contribution in [0.3, 0.4) is 0 Å². The number of ether oxygens (including phenoxy) is 1. The number of hydrogen-bond donors (Lipinski definition) is 3. The molecule has 1 rings (SSSR count). The SMILES string of the molecule is C/C=C/[C@H]1O[C@@H](CCC)[C@H](O)[C@]1(O)CO. The molecule has 4 heteroatoms. The highest BCUT2D eigenvalue weighted by Crippen LogP contribution is 2.33. The van der Waals surface area contributed by atoms with Gasteiger partial charge in [-0.15, -0.1) is 0 Å². The molecule has 4 nitrogen and oxygen atoms in total. The van der Waals surface area contributed by atoms with Gasteiger partial charge < -0.3 is 20.1 Å². The summed E-state index contributed by atoms with van der Waals surface area (Å²) in [5.41, 5.74) is -1.56. The highest BCUT2D eigenvalue weighted by molar-refractivity contribution is 5.10. The molecule has 0 aromatic carbocycles. The maximum Gasteiger partial charge on any atom is 0.145 e. The van der Waals surface area contributed by atoms with E-state index in [4.69, 9.17) is 9.84 Å². The summed E-state index contributed by atoms with van der Waals surface area (Å²) in [6.45, 7) is 3.29. The van der Waals surface area contributed by atoms with Gasteiger partial charge in [0, 0.05) is 0 Å². The first-order chi connectivity index (χ1) is 7.10. The molecular weight excluding hydrogens is 196 g/mol. The van der Waals surface area contributed by atoms with Gasteiger partial charge in [0.05, 0.1) is 12.7 Å². The van der Waals surface area contributed by atoms with Gasteiger partial charge in [0.25, 0.3) is 0 Å². The predicted octanol–water partition coefficient (Wildman–Crippen LogP) is 0.214. The van der Waals surface area contributed by atoms with Gasteiger partial charge >= 0.3 is 0 Å². The van der Waals surface area contributed by atoms with Gasteiger partial charge in [-0.1, -0.05) is 25.5 Å². The minimum atomic E-state index is -1.56. The lowest BCUT2D eigenvalue weighted by molar-refractivity contribution is -0.0962. The van der Waals surface area contributed by atoms with E-state index in [0.717, 1.165) is 6.42 Å². The van der Waals surface area contributed by atoms with Crippen LogP contribution in [0, 0.1) is 0 Å². The largest absolute Gasteiger partial charge is 0.393 e. The second-order valence-electron chi connectivity index (χ2n) is 4.00. The van der Waals surface area contributed by atoms with E-state index in [0.29, 0.717) is 6.42 Å². The van der Waals surface area contributed by atoms with Crippen molar-refractivity contribution >= 4 is 0 Å². The van der Waals surface area contributed by atoms with Gasteiger partial charge in [-0.3, -0.25) is 0 Å². The van der Waals surface area contributed by atoms with Gasteiger partial charge in [-0.05, 0) is 13.3 Å². The number of aliphatic hydroxyl groups is 3. The van der Waals surface area contributed by atoms with Crippen LogP contribution < -0.4 is 0 Å². The third kappa shape index (κ3) is 2.23. The van der Waals surface area contributed by atoms with E-state index in [1.807, 2.05) is 6.92 Å². The summed E-state index contributed by atoms with van der Waals surface area (Å²) in [6.07, 6.45) is 2.90. The van der Waals surface area contributed by atoms with Crippen LogP contribution in [0.25, 0.3) is 0 Å². The zero-order valence-corrected chi connectivity index (χ0v) is 9.26.